The molecule has 0 heterocycles. The summed E-state index contributed by atoms with van der Waals surface area (Å²) < 4.78 is 0. The van der Waals surface area contributed by atoms with Gasteiger partial charge in [-0.3, -0.25) is 9.59 Å². The van der Waals surface area contributed by atoms with Gasteiger partial charge >= 0.3 is 0 Å². The molecule has 1 aromatic rings. The predicted octanol–water partition coefficient (Wildman–Crippen LogP) is 2.37. The molecule has 0 saturated carbocycles. The average molecular weight is 362 g/mol. The summed E-state index contributed by atoms with van der Waals surface area (Å²) in [5.41, 5.74) is 5.69. The Morgan fingerprint density at radius 1 is 1.26 bits per heavy atom. The number of nitrogens with one attached hydrogen (secondary N) is 2. The Kier molecular flexibility index (Phi) is 8.59. The van der Waals surface area contributed by atoms with Gasteiger partial charge in [0.15, 0.2) is 0 Å². The number of hydrogen-bond acceptors (Lipinski definition) is 3. The smallest absolute Gasteiger partial charge is 0.253 e. The summed E-state index contributed by atoms with van der Waals surface area (Å²) in [5.74, 6) is -0.687. The predicted molar refractivity (Wildman–Crippen MR) is 96.1 cm³/mol. The van der Waals surface area contributed by atoms with Crippen LogP contribution in [0.5, 0.6) is 0 Å². The van der Waals surface area contributed by atoms with E-state index in [4.69, 9.17) is 17.3 Å². The Bertz CT molecular complexity index is 542. The van der Waals surface area contributed by atoms with Gasteiger partial charge in [0.25, 0.3) is 5.91 Å². The number of halogens is 2. The van der Waals surface area contributed by atoms with E-state index in [1.807, 2.05) is 27.7 Å². The summed E-state index contributed by atoms with van der Waals surface area (Å²) in [7, 11) is 0. The molecule has 1 unspecified atom stereocenters. The standard InChI is InChI=1S/C16H24ClN3O2.ClH/c1-10(2)13(15(22)19-9-16(3,4)18)20-14(21)11-7-5-6-8-12(11)17;/h5-8,10,13H,9,18H2,1-4H3,(H,19,22)(H,20,21);1H. The maximum atomic E-state index is 12.3. The third kappa shape index (κ3) is 7.20. The monoisotopic (exact) mass is 361 g/mol. The van der Waals surface area contributed by atoms with Crippen LogP contribution in [-0.2, 0) is 4.79 Å². The normalized spacial score (nSPS) is 12.3. The van der Waals surface area contributed by atoms with Crippen LogP contribution in [0.2, 0.25) is 5.02 Å². The summed E-state index contributed by atoms with van der Waals surface area (Å²) in [4.78, 5) is 24.6. The van der Waals surface area contributed by atoms with Gasteiger partial charge in [-0.25, -0.2) is 0 Å². The fourth-order valence-corrected chi connectivity index (χ4v) is 2.05. The minimum Gasteiger partial charge on any atom is -0.352 e. The third-order valence-corrected chi connectivity index (χ3v) is 3.40. The summed E-state index contributed by atoms with van der Waals surface area (Å²) in [6, 6.07) is 6.08. The van der Waals surface area contributed by atoms with Crippen molar-refractivity contribution in [2.24, 2.45) is 11.7 Å². The van der Waals surface area contributed by atoms with Crippen LogP contribution in [0, 0.1) is 5.92 Å². The first kappa shape index (κ1) is 21.7. The van der Waals surface area contributed by atoms with Crippen molar-refractivity contribution in [3.8, 4) is 0 Å². The molecule has 0 saturated heterocycles. The molecule has 4 N–H and O–H groups in total. The van der Waals surface area contributed by atoms with Crippen molar-refractivity contribution < 1.29 is 9.59 Å². The second-order valence-electron chi connectivity index (χ2n) is 6.38. The van der Waals surface area contributed by atoms with E-state index < -0.39 is 11.6 Å². The van der Waals surface area contributed by atoms with Crippen LogP contribution in [0.25, 0.3) is 0 Å². The highest BCUT2D eigenvalue weighted by atomic mass is 35.5. The summed E-state index contributed by atoms with van der Waals surface area (Å²) in [5, 5.41) is 5.85. The second-order valence-corrected chi connectivity index (χ2v) is 6.79. The first-order valence-electron chi connectivity index (χ1n) is 7.24. The van der Waals surface area contributed by atoms with E-state index >= 15 is 0 Å². The van der Waals surface area contributed by atoms with Crippen molar-refractivity contribution >= 4 is 35.8 Å². The number of hydrogen-bond donors (Lipinski definition) is 3. The maximum absolute atomic E-state index is 12.3. The van der Waals surface area contributed by atoms with Gasteiger partial charge < -0.3 is 16.4 Å². The van der Waals surface area contributed by atoms with Crippen LogP contribution in [0.1, 0.15) is 38.1 Å². The Labute approximate surface area is 148 Å². The first-order chi connectivity index (χ1) is 10.1. The van der Waals surface area contributed by atoms with Crippen LogP contribution in [-0.4, -0.2) is 29.9 Å². The van der Waals surface area contributed by atoms with Gasteiger partial charge in [0.1, 0.15) is 6.04 Å². The molecule has 0 aromatic heterocycles. The molecule has 23 heavy (non-hydrogen) atoms. The molecule has 7 heteroatoms. The molecule has 5 nitrogen and oxygen atoms in total. The molecule has 0 aliphatic carbocycles. The minimum atomic E-state index is -0.647. The highest BCUT2D eigenvalue weighted by Crippen LogP contribution is 2.15. The van der Waals surface area contributed by atoms with Crippen molar-refractivity contribution in [1.29, 1.82) is 0 Å². The topological polar surface area (TPSA) is 84.2 Å². The van der Waals surface area contributed by atoms with E-state index in [0.717, 1.165) is 0 Å². The number of amides is 2. The van der Waals surface area contributed by atoms with Gasteiger partial charge in [-0.2, -0.15) is 0 Å². The van der Waals surface area contributed by atoms with E-state index in [-0.39, 0.29) is 30.1 Å². The Morgan fingerprint density at radius 3 is 2.30 bits per heavy atom. The molecule has 2 amide bonds. The van der Waals surface area contributed by atoms with E-state index in [1.54, 1.807) is 24.3 Å². The Morgan fingerprint density at radius 2 is 1.83 bits per heavy atom. The number of benzene rings is 1. The lowest BCUT2D eigenvalue weighted by Crippen LogP contribution is -2.53. The minimum absolute atomic E-state index is 0. The molecule has 0 aliphatic heterocycles. The maximum Gasteiger partial charge on any atom is 0.253 e. The molecular formula is C16H25Cl2N3O2. The number of rotatable bonds is 6. The van der Waals surface area contributed by atoms with Gasteiger partial charge in [-0.15, -0.1) is 12.4 Å². The van der Waals surface area contributed by atoms with Crippen molar-refractivity contribution in [1.82, 2.24) is 10.6 Å². The zero-order chi connectivity index (χ0) is 16.9. The Balaban J connectivity index is 0.00000484. The first-order valence-corrected chi connectivity index (χ1v) is 7.61. The number of carbonyl (C=O) groups excluding carboxylic acids is 2. The van der Waals surface area contributed by atoms with Crippen LogP contribution in [0.4, 0.5) is 0 Å². The highest BCUT2D eigenvalue weighted by Gasteiger charge is 2.26. The summed E-state index contributed by atoms with van der Waals surface area (Å²) in [6.45, 7) is 7.70. The molecule has 1 aromatic carbocycles. The molecular weight excluding hydrogens is 337 g/mol. The van der Waals surface area contributed by atoms with E-state index in [9.17, 15) is 9.59 Å². The lowest BCUT2D eigenvalue weighted by molar-refractivity contribution is -0.124. The molecule has 1 rings (SSSR count). The van der Waals surface area contributed by atoms with Crippen LogP contribution >= 0.6 is 24.0 Å². The van der Waals surface area contributed by atoms with Gasteiger partial charge in [0.2, 0.25) is 5.91 Å². The fraction of sp³-hybridized carbons (Fsp3) is 0.500. The highest BCUT2D eigenvalue weighted by molar-refractivity contribution is 6.33. The van der Waals surface area contributed by atoms with Gasteiger partial charge in [0, 0.05) is 12.1 Å². The SMILES string of the molecule is CC(C)C(NC(=O)c1ccccc1Cl)C(=O)NCC(C)(C)N.Cl. The molecule has 0 spiro atoms. The van der Waals surface area contributed by atoms with E-state index in [2.05, 4.69) is 10.6 Å². The summed E-state index contributed by atoms with van der Waals surface area (Å²) in [6.07, 6.45) is 0. The van der Waals surface area contributed by atoms with Gasteiger partial charge in [-0.05, 0) is 31.9 Å². The van der Waals surface area contributed by atoms with Crippen molar-refractivity contribution in [3.63, 3.8) is 0 Å². The zero-order valence-electron chi connectivity index (χ0n) is 13.9. The average Bonchev–Trinajstić information content (AvgIpc) is 2.41. The third-order valence-electron chi connectivity index (χ3n) is 3.07. The molecule has 0 bridgehead atoms. The van der Waals surface area contributed by atoms with E-state index in [1.165, 1.54) is 0 Å². The lowest BCUT2D eigenvalue weighted by Gasteiger charge is -2.25. The van der Waals surface area contributed by atoms with Crippen LogP contribution in [0.3, 0.4) is 0 Å². The molecule has 1 atom stereocenters. The largest absolute Gasteiger partial charge is 0.352 e. The van der Waals surface area contributed by atoms with Crippen LogP contribution in [0.15, 0.2) is 24.3 Å². The number of carbonyl (C=O) groups is 2. The molecule has 0 radical (unpaired) electrons. The van der Waals surface area contributed by atoms with Crippen molar-refractivity contribution in [3.05, 3.63) is 34.9 Å². The second kappa shape index (κ2) is 9.11. The quantitative estimate of drug-likeness (QED) is 0.726. The van der Waals surface area contributed by atoms with Gasteiger partial charge in [0.05, 0.1) is 10.6 Å². The van der Waals surface area contributed by atoms with Crippen molar-refractivity contribution in [2.75, 3.05) is 6.54 Å². The number of nitrogens with two attached hydrogens (primary N) is 1. The summed E-state index contributed by atoms with van der Waals surface area (Å²) >= 11 is 6.00. The molecule has 0 aliphatic rings. The lowest BCUT2D eigenvalue weighted by atomic mass is 10.0. The zero-order valence-corrected chi connectivity index (χ0v) is 15.4. The molecule has 130 valence electrons. The van der Waals surface area contributed by atoms with Crippen molar-refractivity contribution in [2.45, 2.75) is 39.3 Å². The molecule has 0 fully saturated rings. The van der Waals surface area contributed by atoms with E-state index in [0.29, 0.717) is 17.1 Å². The van der Waals surface area contributed by atoms with Crippen LogP contribution < -0.4 is 16.4 Å². The Hall–Kier alpha value is -1.30. The fourth-order valence-electron chi connectivity index (χ4n) is 1.82. The van der Waals surface area contributed by atoms with Gasteiger partial charge in [-0.1, -0.05) is 37.6 Å².